The van der Waals surface area contributed by atoms with E-state index in [2.05, 4.69) is 26.6 Å². The molecule has 0 bridgehead atoms. The standard InChI is InChI=1S/C13H17BrN2O/c1-9-10(14)5-3-6-11(9)16-12(17)13(2)7-4-8-15-13/h3,5-6,15H,4,7-8H2,1-2H3,(H,16,17). The lowest BCUT2D eigenvalue weighted by Gasteiger charge is -2.23. The number of anilines is 1. The Labute approximate surface area is 110 Å². The van der Waals surface area contributed by atoms with E-state index in [1.54, 1.807) is 0 Å². The summed E-state index contributed by atoms with van der Waals surface area (Å²) < 4.78 is 1.01. The van der Waals surface area contributed by atoms with Gasteiger partial charge in [-0.2, -0.15) is 0 Å². The molecule has 0 aliphatic carbocycles. The average Bonchev–Trinajstić information content (AvgIpc) is 2.73. The first kappa shape index (κ1) is 12.6. The van der Waals surface area contributed by atoms with Crippen LogP contribution in [0.25, 0.3) is 0 Å². The van der Waals surface area contributed by atoms with Gasteiger partial charge in [-0.25, -0.2) is 0 Å². The van der Waals surface area contributed by atoms with Crippen LogP contribution < -0.4 is 10.6 Å². The van der Waals surface area contributed by atoms with Crippen molar-refractivity contribution in [1.29, 1.82) is 0 Å². The Hall–Kier alpha value is -0.870. The van der Waals surface area contributed by atoms with Crippen LogP contribution in [-0.2, 0) is 4.79 Å². The van der Waals surface area contributed by atoms with E-state index in [-0.39, 0.29) is 5.91 Å². The van der Waals surface area contributed by atoms with Crippen LogP contribution in [0.5, 0.6) is 0 Å². The highest BCUT2D eigenvalue weighted by Gasteiger charge is 2.35. The zero-order valence-electron chi connectivity index (χ0n) is 10.1. The van der Waals surface area contributed by atoms with E-state index in [0.29, 0.717) is 0 Å². The third-order valence-corrected chi connectivity index (χ3v) is 4.24. The molecule has 92 valence electrons. The number of nitrogens with one attached hydrogen (secondary N) is 2. The second-order valence-electron chi connectivity index (χ2n) is 4.73. The molecule has 1 amide bonds. The van der Waals surface area contributed by atoms with Gasteiger partial charge in [0.15, 0.2) is 0 Å². The highest BCUT2D eigenvalue weighted by molar-refractivity contribution is 9.10. The second kappa shape index (κ2) is 4.78. The largest absolute Gasteiger partial charge is 0.324 e. The van der Waals surface area contributed by atoms with Gasteiger partial charge in [0.2, 0.25) is 5.91 Å². The molecule has 1 saturated heterocycles. The maximum Gasteiger partial charge on any atom is 0.244 e. The molecule has 0 spiro atoms. The van der Waals surface area contributed by atoms with Crippen LogP contribution >= 0.6 is 15.9 Å². The molecule has 1 fully saturated rings. The number of hydrogen-bond donors (Lipinski definition) is 2. The predicted molar refractivity (Wildman–Crippen MR) is 73.2 cm³/mol. The van der Waals surface area contributed by atoms with Gasteiger partial charge in [0, 0.05) is 10.2 Å². The van der Waals surface area contributed by atoms with Crippen LogP contribution in [0.3, 0.4) is 0 Å². The molecule has 1 unspecified atom stereocenters. The van der Waals surface area contributed by atoms with Crippen molar-refractivity contribution in [1.82, 2.24) is 5.32 Å². The lowest BCUT2D eigenvalue weighted by Crippen LogP contribution is -2.48. The molecule has 1 aliphatic heterocycles. The molecule has 17 heavy (non-hydrogen) atoms. The zero-order chi connectivity index (χ0) is 12.5. The Morgan fingerprint density at radius 3 is 2.94 bits per heavy atom. The Kier molecular flexibility index (Phi) is 3.54. The highest BCUT2D eigenvalue weighted by atomic mass is 79.9. The van der Waals surface area contributed by atoms with Crippen LogP contribution in [0.4, 0.5) is 5.69 Å². The summed E-state index contributed by atoms with van der Waals surface area (Å²) in [5, 5.41) is 6.27. The number of halogens is 1. The SMILES string of the molecule is Cc1c(Br)cccc1NC(=O)C1(C)CCCN1. The molecule has 1 aromatic carbocycles. The number of hydrogen-bond acceptors (Lipinski definition) is 2. The smallest absolute Gasteiger partial charge is 0.244 e. The minimum atomic E-state index is -0.422. The van der Waals surface area contributed by atoms with E-state index < -0.39 is 5.54 Å². The van der Waals surface area contributed by atoms with Gasteiger partial charge in [0.05, 0.1) is 5.54 Å². The average molecular weight is 297 g/mol. The van der Waals surface area contributed by atoms with E-state index in [4.69, 9.17) is 0 Å². The van der Waals surface area contributed by atoms with Crippen LogP contribution in [0.1, 0.15) is 25.3 Å². The van der Waals surface area contributed by atoms with Crippen LogP contribution in [0.2, 0.25) is 0 Å². The van der Waals surface area contributed by atoms with Crippen molar-refractivity contribution in [3.63, 3.8) is 0 Å². The summed E-state index contributed by atoms with van der Waals surface area (Å²) in [4.78, 5) is 12.2. The van der Waals surface area contributed by atoms with Gasteiger partial charge < -0.3 is 10.6 Å². The fraction of sp³-hybridized carbons (Fsp3) is 0.462. The van der Waals surface area contributed by atoms with E-state index in [9.17, 15) is 4.79 Å². The Morgan fingerprint density at radius 2 is 2.29 bits per heavy atom. The number of carbonyl (C=O) groups is 1. The Bertz CT molecular complexity index is 439. The summed E-state index contributed by atoms with van der Waals surface area (Å²) in [5.41, 5.74) is 1.51. The van der Waals surface area contributed by atoms with Crippen molar-refractivity contribution >= 4 is 27.5 Å². The molecule has 0 saturated carbocycles. The molecule has 2 rings (SSSR count). The van der Waals surface area contributed by atoms with Gasteiger partial charge in [-0.1, -0.05) is 22.0 Å². The molecule has 1 aliphatic rings. The molecule has 0 radical (unpaired) electrons. The first-order valence-electron chi connectivity index (χ1n) is 5.84. The molecule has 2 N–H and O–H groups in total. The Balaban J connectivity index is 2.16. The summed E-state index contributed by atoms with van der Waals surface area (Å²) >= 11 is 3.47. The van der Waals surface area contributed by atoms with E-state index >= 15 is 0 Å². The maximum atomic E-state index is 12.2. The zero-order valence-corrected chi connectivity index (χ0v) is 11.7. The van der Waals surface area contributed by atoms with Crippen molar-refractivity contribution in [3.8, 4) is 0 Å². The molecule has 0 aromatic heterocycles. The molecule has 1 heterocycles. The molecule has 1 aromatic rings. The predicted octanol–water partition coefficient (Wildman–Crippen LogP) is 2.84. The lowest BCUT2D eigenvalue weighted by atomic mass is 9.99. The lowest BCUT2D eigenvalue weighted by molar-refractivity contribution is -0.121. The van der Waals surface area contributed by atoms with Crippen molar-refractivity contribution < 1.29 is 4.79 Å². The minimum Gasteiger partial charge on any atom is -0.324 e. The van der Waals surface area contributed by atoms with Crippen LogP contribution in [-0.4, -0.2) is 18.0 Å². The van der Waals surface area contributed by atoms with Crippen molar-refractivity contribution in [3.05, 3.63) is 28.2 Å². The number of rotatable bonds is 2. The highest BCUT2D eigenvalue weighted by Crippen LogP contribution is 2.26. The van der Waals surface area contributed by atoms with E-state index in [0.717, 1.165) is 35.1 Å². The number of carbonyl (C=O) groups excluding carboxylic acids is 1. The van der Waals surface area contributed by atoms with Gasteiger partial charge in [-0.05, 0) is 50.9 Å². The molecular formula is C13H17BrN2O. The fourth-order valence-corrected chi connectivity index (χ4v) is 2.46. The van der Waals surface area contributed by atoms with E-state index in [1.807, 2.05) is 32.0 Å². The summed E-state index contributed by atoms with van der Waals surface area (Å²) in [5.74, 6) is 0.0520. The van der Waals surface area contributed by atoms with Crippen molar-refractivity contribution in [2.75, 3.05) is 11.9 Å². The monoisotopic (exact) mass is 296 g/mol. The normalized spacial score (nSPS) is 23.7. The molecule has 4 heteroatoms. The second-order valence-corrected chi connectivity index (χ2v) is 5.58. The summed E-state index contributed by atoms with van der Waals surface area (Å²) in [6, 6.07) is 5.83. The van der Waals surface area contributed by atoms with Gasteiger partial charge in [0.1, 0.15) is 0 Å². The van der Waals surface area contributed by atoms with Gasteiger partial charge in [-0.15, -0.1) is 0 Å². The molecule has 1 atom stereocenters. The van der Waals surface area contributed by atoms with Crippen LogP contribution in [0.15, 0.2) is 22.7 Å². The van der Waals surface area contributed by atoms with Gasteiger partial charge in [0.25, 0.3) is 0 Å². The third kappa shape index (κ3) is 2.53. The van der Waals surface area contributed by atoms with Crippen molar-refractivity contribution in [2.24, 2.45) is 0 Å². The topological polar surface area (TPSA) is 41.1 Å². The van der Waals surface area contributed by atoms with Gasteiger partial charge >= 0.3 is 0 Å². The molecular weight excluding hydrogens is 280 g/mol. The summed E-state index contributed by atoms with van der Waals surface area (Å²) in [6.45, 7) is 4.87. The quantitative estimate of drug-likeness (QED) is 0.881. The third-order valence-electron chi connectivity index (χ3n) is 3.39. The maximum absolute atomic E-state index is 12.2. The van der Waals surface area contributed by atoms with Crippen molar-refractivity contribution in [2.45, 2.75) is 32.2 Å². The Morgan fingerprint density at radius 1 is 1.53 bits per heavy atom. The summed E-state index contributed by atoms with van der Waals surface area (Å²) in [6.07, 6.45) is 1.95. The number of amides is 1. The van der Waals surface area contributed by atoms with E-state index in [1.165, 1.54) is 0 Å². The van der Waals surface area contributed by atoms with Gasteiger partial charge in [-0.3, -0.25) is 4.79 Å². The summed E-state index contributed by atoms with van der Waals surface area (Å²) in [7, 11) is 0. The number of benzene rings is 1. The first-order chi connectivity index (χ1) is 8.03. The minimum absolute atomic E-state index is 0.0520. The fourth-order valence-electron chi connectivity index (χ4n) is 2.09. The molecule has 3 nitrogen and oxygen atoms in total. The first-order valence-corrected chi connectivity index (χ1v) is 6.64. The van der Waals surface area contributed by atoms with Crippen LogP contribution in [0, 0.1) is 6.92 Å².